The van der Waals surface area contributed by atoms with Gasteiger partial charge in [0.05, 0.1) is 12.1 Å². The molecule has 2 N–H and O–H groups in total. The van der Waals surface area contributed by atoms with Gasteiger partial charge in [-0.15, -0.1) is 0 Å². The fourth-order valence-corrected chi connectivity index (χ4v) is 1.93. The maximum absolute atomic E-state index is 14.0. The molecule has 1 aromatic heterocycles. The number of nitriles is 1. The second-order valence-electron chi connectivity index (χ2n) is 4.54. The molecule has 4 nitrogen and oxygen atoms in total. The van der Waals surface area contributed by atoms with E-state index in [1.165, 1.54) is 6.07 Å². The monoisotopic (exact) mass is 258 g/mol. The molecule has 0 amide bonds. The first-order chi connectivity index (χ1) is 9.11. The van der Waals surface area contributed by atoms with Crippen LogP contribution in [0.4, 0.5) is 4.39 Å². The highest BCUT2D eigenvalue weighted by Crippen LogP contribution is 2.14. The van der Waals surface area contributed by atoms with Gasteiger partial charge in [-0.05, 0) is 13.0 Å². The number of halogens is 1. The summed E-state index contributed by atoms with van der Waals surface area (Å²) in [6, 6.07) is 6.66. The Labute approximate surface area is 111 Å². The van der Waals surface area contributed by atoms with Gasteiger partial charge in [-0.1, -0.05) is 12.1 Å². The zero-order chi connectivity index (χ0) is 13.8. The highest BCUT2D eigenvalue weighted by molar-refractivity contribution is 5.35. The van der Waals surface area contributed by atoms with Crippen LogP contribution in [0.5, 0.6) is 0 Å². The van der Waals surface area contributed by atoms with Crippen molar-refractivity contribution in [3.05, 3.63) is 53.4 Å². The van der Waals surface area contributed by atoms with E-state index in [2.05, 4.69) is 4.98 Å². The quantitative estimate of drug-likeness (QED) is 0.909. The van der Waals surface area contributed by atoms with Crippen molar-refractivity contribution < 1.29 is 4.39 Å². The number of nitrogens with two attached hydrogens (primary N) is 1. The molecule has 0 bridgehead atoms. The second kappa shape index (κ2) is 5.63. The molecule has 2 aromatic rings. The molecule has 19 heavy (non-hydrogen) atoms. The SMILES string of the molecule is CC(N)Cc1nccn1Cc1cccc(C#N)c1F. The Morgan fingerprint density at radius 2 is 2.32 bits per heavy atom. The molecule has 98 valence electrons. The summed E-state index contributed by atoms with van der Waals surface area (Å²) in [5, 5.41) is 8.82. The van der Waals surface area contributed by atoms with E-state index in [1.807, 2.05) is 17.6 Å². The maximum atomic E-state index is 14.0. The van der Waals surface area contributed by atoms with Crippen LogP contribution in [0.3, 0.4) is 0 Å². The Morgan fingerprint density at radius 1 is 1.53 bits per heavy atom. The third-order valence-corrected chi connectivity index (χ3v) is 2.85. The van der Waals surface area contributed by atoms with Crippen molar-refractivity contribution in [3.8, 4) is 6.07 Å². The Morgan fingerprint density at radius 3 is 3.00 bits per heavy atom. The summed E-state index contributed by atoms with van der Waals surface area (Å²) < 4.78 is 15.8. The largest absolute Gasteiger partial charge is 0.330 e. The van der Waals surface area contributed by atoms with Gasteiger partial charge in [0.2, 0.25) is 0 Å². The number of hydrogen-bond donors (Lipinski definition) is 1. The van der Waals surface area contributed by atoms with E-state index in [0.717, 1.165) is 5.82 Å². The molecule has 0 radical (unpaired) electrons. The van der Waals surface area contributed by atoms with Crippen LogP contribution in [-0.4, -0.2) is 15.6 Å². The average molecular weight is 258 g/mol. The maximum Gasteiger partial charge on any atom is 0.145 e. The van der Waals surface area contributed by atoms with E-state index in [9.17, 15) is 4.39 Å². The normalized spacial score (nSPS) is 12.1. The van der Waals surface area contributed by atoms with E-state index < -0.39 is 5.82 Å². The molecule has 0 spiro atoms. The smallest absolute Gasteiger partial charge is 0.145 e. The van der Waals surface area contributed by atoms with E-state index in [1.54, 1.807) is 24.5 Å². The molecule has 0 saturated heterocycles. The molecule has 2 rings (SSSR count). The van der Waals surface area contributed by atoms with Gasteiger partial charge in [0.25, 0.3) is 0 Å². The topological polar surface area (TPSA) is 67.6 Å². The molecule has 0 aliphatic rings. The average Bonchev–Trinajstić information content (AvgIpc) is 2.78. The van der Waals surface area contributed by atoms with Gasteiger partial charge in [0.1, 0.15) is 17.7 Å². The predicted octanol–water partition coefficient (Wildman–Crippen LogP) is 1.83. The highest BCUT2D eigenvalue weighted by Gasteiger charge is 2.11. The summed E-state index contributed by atoms with van der Waals surface area (Å²) in [6.45, 7) is 2.25. The summed E-state index contributed by atoms with van der Waals surface area (Å²) in [7, 11) is 0. The van der Waals surface area contributed by atoms with Gasteiger partial charge in [0, 0.05) is 30.4 Å². The minimum Gasteiger partial charge on any atom is -0.330 e. The molecule has 0 aliphatic heterocycles. The van der Waals surface area contributed by atoms with Crippen molar-refractivity contribution in [2.75, 3.05) is 0 Å². The molecule has 1 atom stereocenters. The van der Waals surface area contributed by atoms with Gasteiger partial charge < -0.3 is 10.3 Å². The number of aromatic nitrogens is 2. The zero-order valence-electron chi connectivity index (χ0n) is 10.7. The van der Waals surface area contributed by atoms with Crippen LogP contribution in [0.1, 0.15) is 23.9 Å². The number of benzene rings is 1. The lowest BCUT2D eigenvalue weighted by molar-refractivity contribution is 0.585. The lowest BCUT2D eigenvalue weighted by Gasteiger charge is -2.10. The first-order valence-corrected chi connectivity index (χ1v) is 6.05. The van der Waals surface area contributed by atoms with Gasteiger partial charge in [-0.25, -0.2) is 9.37 Å². The van der Waals surface area contributed by atoms with E-state index in [-0.39, 0.29) is 11.6 Å². The number of rotatable bonds is 4. The van der Waals surface area contributed by atoms with Crippen molar-refractivity contribution in [2.45, 2.75) is 25.9 Å². The fourth-order valence-electron chi connectivity index (χ4n) is 1.93. The molecular weight excluding hydrogens is 243 g/mol. The van der Waals surface area contributed by atoms with Gasteiger partial charge in [-0.3, -0.25) is 0 Å². The fraction of sp³-hybridized carbons (Fsp3) is 0.286. The molecule has 1 heterocycles. The Bertz CT molecular complexity index is 610. The summed E-state index contributed by atoms with van der Waals surface area (Å²) >= 11 is 0. The van der Waals surface area contributed by atoms with Crippen LogP contribution in [0.25, 0.3) is 0 Å². The van der Waals surface area contributed by atoms with E-state index >= 15 is 0 Å². The number of imidazole rings is 1. The van der Waals surface area contributed by atoms with Crippen molar-refractivity contribution in [1.82, 2.24) is 9.55 Å². The van der Waals surface area contributed by atoms with Crippen LogP contribution in [-0.2, 0) is 13.0 Å². The van der Waals surface area contributed by atoms with Crippen LogP contribution in [0.2, 0.25) is 0 Å². The minimum atomic E-state index is -0.467. The summed E-state index contributed by atoms with van der Waals surface area (Å²) in [4.78, 5) is 4.22. The zero-order valence-corrected chi connectivity index (χ0v) is 10.7. The van der Waals surface area contributed by atoms with Crippen molar-refractivity contribution in [1.29, 1.82) is 5.26 Å². The number of nitrogens with zero attached hydrogens (tertiary/aromatic N) is 3. The predicted molar refractivity (Wildman–Crippen MR) is 69.8 cm³/mol. The van der Waals surface area contributed by atoms with Gasteiger partial charge in [-0.2, -0.15) is 5.26 Å². The molecule has 0 fully saturated rings. The number of hydrogen-bond acceptors (Lipinski definition) is 3. The van der Waals surface area contributed by atoms with Crippen LogP contribution in [0, 0.1) is 17.1 Å². The van der Waals surface area contributed by atoms with E-state index in [4.69, 9.17) is 11.0 Å². The van der Waals surface area contributed by atoms with Crippen LogP contribution >= 0.6 is 0 Å². The van der Waals surface area contributed by atoms with Gasteiger partial charge >= 0.3 is 0 Å². The lowest BCUT2D eigenvalue weighted by atomic mass is 10.1. The Hall–Kier alpha value is -2.19. The van der Waals surface area contributed by atoms with Crippen LogP contribution < -0.4 is 5.73 Å². The van der Waals surface area contributed by atoms with Crippen molar-refractivity contribution in [2.24, 2.45) is 5.73 Å². The third-order valence-electron chi connectivity index (χ3n) is 2.85. The molecule has 5 heteroatoms. The molecule has 1 unspecified atom stereocenters. The highest BCUT2D eigenvalue weighted by atomic mass is 19.1. The Kier molecular flexibility index (Phi) is 3.93. The molecular formula is C14H15FN4. The summed E-state index contributed by atoms with van der Waals surface area (Å²) in [5.74, 6) is 0.349. The van der Waals surface area contributed by atoms with Crippen LogP contribution in [0.15, 0.2) is 30.6 Å². The van der Waals surface area contributed by atoms with Crippen molar-refractivity contribution >= 4 is 0 Å². The summed E-state index contributed by atoms with van der Waals surface area (Å²) in [5.41, 5.74) is 6.29. The third kappa shape index (κ3) is 2.98. The standard InChI is InChI=1S/C14H15FN4/c1-10(17)7-13-18-5-6-19(13)9-12-4-2-3-11(8-16)14(12)15/h2-6,10H,7,9,17H2,1H3. The van der Waals surface area contributed by atoms with E-state index in [0.29, 0.717) is 18.5 Å². The first kappa shape index (κ1) is 13.2. The van der Waals surface area contributed by atoms with Gasteiger partial charge in [0.15, 0.2) is 0 Å². The molecule has 0 aliphatic carbocycles. The second-order valence-corrected chi connectivity index (χ2v) is 4.54. The minimum absolute atomic E-state index is 0.00330. The first-order valence-electron chi connectivity index (χ1n) is 6.05. The summed E-state index contributed by atoms with van der Waals surface area (Å²) in [6.07, 6.45) is 4.09. The Balaban J connectivity index is 2.27. The van der Waals surface area contributed by atoms with Crippen molar-refractivity contribution in [3.63, 3.8) is 0 Å². The molecule has 0 saturated carbocycles. The molecule has 1 aromatic carbocycles. The lowest BCUT2D eigenvalue weighted by Crippen LogP contribution is -2.21.